The van der Waals surface area contributed by atoms with E-state index in [-0.39, 0.29) is 0 Å². The third-order valence-corrected chi connectivity index (χ3v) is 4.15. The molecule has 2 aromatic heterocycles. The summed E-state index contributed by atoms with van der Waals surface area (Å²) in [4.78, 5) is 13.3. The molecule has 8 heteroatoms. The fourth-order valence-electron chi connectivity index (χ4n) is 2.30. The molecule has 3 aromatic rings. The Kier molecular flexibility index (Phi) is 4.33. The second kappa shape index (κ2) is 6.41. The highest BCUT2D eigenvalue weighted by Crippen LogP contribution is 2.22. The van der Waals surface area contributed by atoms with Crippen molar-refractivity contribution in [3.05, 3.63) is 34.7 Å². The third-order valence-electron chi connectivity index (χ3n) is 3.57. The van der Waals surface area contributed by atoms with Gasteiger partial charge in [0.05, 0.1) is 29.2 Å². The molecule has 0 aliphatic carbocycles. The van der Waals surface area contributed by atoms with Crippen molar-refractivity contribution in [2.24, 2.45) is 7.05 Å². The van der Waals surface area contributed by atoms with Gasteiger partial charge >= 0.3 is 0 Å². The van der Waals surface area contributed by atoms with Gasteiger partial charge < -0.3 is 19.9 Å². The van der Waals surface area contributed by atoms with Crippen LogP contribution in [0, 0.1) is 0 Å². The van der Waals surface area contributed by atoms with E-state index in [0.29, 0.717) is 12.5 Å². The average Bonchev–Trinajstić information content (AvgIpc) is 2.89. The summed E-state index contributed by atoms with van der Waals surface area (Å²) in [6.07, 6.45) is 1.71. The van der Waals surface area contributed by atoms with Gasteiger partial charge in [0.15, 0.2) is 0 Å². The summed E-state index contributed by atoms with van der Waals surface area (Å²) < 4.78 is 8.10. The van der Waals surface area contributed by atoms with E-state index in [1.807, 2.05) is 36.9 Å². The smallest absolute Gasteiger partial charge is 0.225 e. The molecule has 1 aromatic carbocycles. The maximum atomic E-state index is 5.24. The topological polar surface area (TPSA) is 76.9 Å². The molecule has 0 aliphatic rings. The van der Waals surface area contributed by atoms with E-state index in [1.165, 1.54) is 0 Å². The van der Waals surface area contributed by atoms with Crippen molar-refractivity contribution in [1.82, 2.24) is 19.5 Å². The van der Waals surface area contributed by atoms with E-state index < -0.39 is 0 Å². The number of hydrogen-bond donors (Lipinski definition) is 2. The number of nitrogens with one attached hydrogen (secondary N) is 2. The highest BCUT2D eigenvalue weighted by Gasteiger charge is 2.10. The van der Waals surface area contributed by atoms with Crippen LogP contribution in [0.25, 0.3) is 11.0 Å². The largest absolute Gasteiger partial charge is 0.497 e. The molecule has 0 atom stereocenters. The number of anilines is 2. The van der Waals surface area contributed by atoms with E-state index in [2.05, 4.69) is 41.5 Å². The fourth-order valence-corrected chi connectivity index (χ4v) is 2.69. The maximum absolute atomic E-state index is 5.24. The van der Waals surface area contributed by atoms with Crippen LogP contribution in [0.15, 0.2) is 28.9 Å². The fraction of sp³-hybridized carbons (Fsp3) is 0.267. The minimum absolute atomic E-state index is 0.526. The maximum Gasteiger partial charge on any atom is 0.225 e. The van der Waals surface area contributed by atoms with E-state index in [1.54, 1.807) is 13.3 Å². The van der Waals surface area contributed by atoms with Crippen molar-refractivity contribution in [3.8, 4) is 5.75 Å². The predicted molar refractivity (Wildman–Crippen MR) is 93.9 cm³/mol. The van der Waals surface area contributed by atoms with Crippen LogP contribution in [-0.2, 0) is 13.6 Å². The first-order valence-corrected chi connectivity index (χ1v) is 7.85. The molecule has 2 heterocycles. The van der Waals surface area contributed by atoms with Crippen molar-refractivity contribution in [1.29, 1.82) is 0 Å². The number of methoxy groups -OCH3 is 1. The van der Waals surface area contributed by atoms with Crippen molar-refractivity contribution >= 4 is 38.7 Å². The molecule has 0 fully saturated rings. The molecule has 120 valence electrons. The Bertz CT molecular complexity index is 847. The number of imidazole rings is 1. The van der Waals surface area contributed by atoms with E-state index in [9.17, 15) is 0 Å². The van der Waals surface area contributed by atoms with Crippen LogP contribution in [0.1, 0.15) is 5.82 Å². The molecule has 0 saturated heterocycles. The Morgan fingerprint density at radius 2 is 2.13 bits per heavy atom. The van der Waals surface area contributed by atoms with Gasteiger partial charge in [-0.3, -0.25) is 0 Å². The van der Waals surface area contributed by atoms with E-state index >= 15 is 0 Å². The van der Waals surface area contributed by atoms with Gasteiger partial charge in [0.2, 0.25) is 5.95 Å². The first-order chi connectivity index (χ1) is 11.1. The standard InChI is InChI=1S/C15H17BrN6O/c1-17-14-10(16)7-18-15(21-14)19-8-13-20-11-6-9(23-3)4-5-12(11)22(13)2/h4-7H,8H2,1-3H3,(H2,17,18,19,21). The Labute approximate surface area is 142 Å². The van der Waals surface area contributed by atoms with Crippen molar-refractivity contribution < 1.29 is 4.74 Å². The van der Waals surface area contributed by atoms with Crippen molar-refractivity contribution in [2.75, 3.05) is 24.8 Å². The normalized spacial score (nSPS) is 10.8. The molecule has 23 heavy (non-hydrogen) atoms. The lowest BCUT2D eigenvalue weighted by Gasteiger charge is -2.07. The van der Waals surface area contributed by atoms with Gasteiger partial charge in [-0.1, -0.05) is 0 Å². The monoisotopic (exact) mass is 376 g/mol. The first kappa shape index (κ1) is 15.5. The Hall–Kier alpha value is -2.35. The summed E-state index contributed by atoms with van der Waals surface area (Å²) in [7, 11) is 5.45. The highest BCUT2D eigenvalue weighted by atomic mass is 79.9. The Balaban J connectivity index is 1.83. The lowest BCUT2D eigenvalue weighted by Crippen LogP contribution is -2.09. The number of benzene rings is 1. The van der Waals surface area contributed by atoms with Crippen LogP contribution in [0.2, 0.25) is 0 Å². The lowest BCUT2D eigenvalue weighted by molar-refractivity contribution is 0.415. The minimum Gasteiger partial charge on any atom is -0.497 e. The van der Waals surface area contributed by atoms with Gasteiger partial charge in [0.1, 0.15) is 17.4 Å². The van der Waals surface area contributed by atoms with Gasteiger partial charge in [-0.2, -0.15) is 4.98 Å². The molecule has 0 spiro atoms. The molecular formula is C15H17BrN6O. The zero-order valence-corrected chi connectivity index (χ0v) is 14.7. The number of hydrogen-bond acceptors (Lipinski definition) is 6. The van der Waals surface area contributed by atoms with Crippen molar-refractivity contribution in [2.45, 2.75) is 6.54 Å². The van der Waals surface area contributed by atoms with Crippen LogP contribution in [0.4, 0.5) is 11.8 Å². The number of ether oxygens (including phenoxy) is 1. The SMILES string of the molecule is CNc1nc(NCc2nc3cc(OC)ccc3n2C)ncc1Br. The van der Waals surface area contributed by atoms with Crippen LogP contribution in [-0.4, -0.2) is 33.7 Å². The average molecular weight is 377 g/mol. The summed E-state index contributed by atoms with van der Waals surface area (Å²) in [5, 5.41) is 6.20. The van der Waals surface area contributed by atoms with Crippen LogP contribution in [0.3, 0.4) is 0 Å². The third kappa shape index (κ3) is 3.07. The second-order valence-electron chi connectivity index (χ2n) is 4.94. The number of nitrogens with zero attached hydrogens (tertiary/aromatic N) is 4. The number of aromatic nitrogens is 4. The molecule has 7 nitrogen and oxygen atoms in total. The predicted octanol–water partition coefficient (Wildman–Crippen LogP) is 2.79. The first-order valence-electron chi connectivity index (χ1n) is 7.06. The molecule has 0 radical (unpaired) electrons. The zero-order chi connectivity index (χ0) is 16.4. The summed E-state index contributed by atoms with van der Waals surface area (Å²) in [6, 6.07) is 5.85. The van der Waals surface area contributed by atoms with E-state index in [4.69, 9.17) is 4.74 Å². The van der Waals surface area contributed by atoms with Gasteiger partial charge in [-0.05, 0) is 28.1 Å². The molecule has 0 saturated carbocycles. The molecule has 0 unspecified atom stereocenters. The molecular weight excluding hydrogens is 360 g/mol. The Morgan fingerprint density at radius 1 is 1.30 bits per heavy atom. The van der Waals surface area contributed by atoms with Crippen LogP contribution >= 0.6 is 15.9 Å². The summed E-state index contributed by atoms with van der Waals surface area (Å²) >= 11 is 3.39. The molecule has 2 N–H and O–H groups in total. The lowest BCUT2D eigenvalue weighted by atomic mass is 10.3. The van der Waals surface area contributed by atoms with Gasteiger partial charge in [-0.15, -0.1) is 0 Å². The number of fused-ring (bicyclic) bond motifs is 1. The minimum atomic E-state index is 0.526. The molecule has 0 bridgehead atoms. The number of rotatable bonds is 5. The van der Waals surface area contributed by atoms with Crippen LogP contribution in [0.5, 0.6) is 5.75 Å². The van der Waals surface area contributed by atoms with Gasteiger partial charge in [-0.25, -0.2) is 9.97 Å². The molecule has 3 rings (SSSR count). The van der Waals surface area contributed by atoms with Gasteiger partial charge in [0.25, 0.3) is 0 Å². The van der Waals surface area contributed by atoms with Crippen molar-refractivity contribution in [3.63, 3.8) is 0 Å². The quantitative estimate of drug-likeness (QED) is 0.712. The molecule has 0 amide bonds. The Morgan fingerprint density at radius 3 is 2.87 bits per heavy atom. The summed E-state index contributed by atoms with van der Waals surface area (Å²) in [5.41, 5.74) is 1.95. The van der Waals surface area contributed by atoms with Gasteiger partial charge in [0, 0.05) is 26.4 Å². The highest BCUT2D eigenvalue weighted by molar-refractivity contribution is 9.10. The molecule has 0 aliphatic heterocycles. The zero-order valence-electron chi connectivity index (χ0n) is 13.1. The van der Waals surface area contributed by atoms with Crippen LogP contribution < -0.4 is 15.4 Å². The summed E-state index contributed by atoms with van der Waals surface area (Å²) in [6.45, 7) is 0.526. The second-order valence-corrected chi connectivity index (χ2v) is 5.79. The number of halogens is 1. The summed E-state index contributed by atoms with van der Waals surface area (Å²) in [5.74, 6) is 2.97. The van der Waals surface area contributed by atoms with E-state index in [0.717, 1.165) is 32.9 Å². The number of aryl methyl sites for hydroxylation is 1.